The van der Waals surface area contributed by atoms with E-state index in [1.54, 1.807) is 45.0 Å². The van der Waals surface area contributed by atoms with Gasteiger partial charge in [0.15, 0.2) is 5.78 Å². The van der Waals surface area contributed by atoms with Crippen LogP contribution in [0, 0.1) is 13.8 Å². The SMILES string of the molecule is CCOC(=O)c1[nH]c(C)c(C(=O)Cn2nnc(-c3cccc(Cl)c3)n2)c1C. The average molecular weight is 388 g/mol. The van der Waals surface area contributed by atoms with Crippen LogP contribution in [0.1, 0.15) is 39.0 Å². The molecule has 0 unspecified atom stereocenters. The van der Waals surface area contributed by atoms with Gasteiger partial charge in [0.2, 0.25) is 5.82 Å². The van der Waals surface area contributed by atoms with Gasteiger partial charge in [-0.3, -0.25) is 4.79 Å². The lowest BCUT2D eigenvalue weighted by molar-refractivity contribution is 0.0519. The van der Waals surface area contributed by atoms with Crippen molar-refractivity contribution in [2.75, 3.05) is 6.61 Å². The van der Waals surface area contributed by atoms with E-state index in [0.717, 1.165) is 0 Å². The molecule has 0 radical (unpaired) electrons. The van der Waals surface area contributed by atoms with Crippen molar-refractivity contribution in [3.05, 3.63) is 51.8 Å². The minimum atomic E-state index is -0.487. The highest BCUT2D eigenvalue weighted by atomic mass is 35.5. The number of tetrazole rings is 1. The fourth-order valence-electron chi connectivity index (χ4n) is 2.84. The van der Waals surface area contributed by atoms with Crippen molar-refractivity contribution >= 4 is 23.4 Å². The molecule has 0 fully saturated rings. The number of ether oxygens (including phenoxy) is 1. The summed E-state index contributed by atoms with van der Waals surface area (Å²) in [4.78, 5) is 28.9. The van der Waals surface area contributed by atoms with E-state index < -0.39 is 5.97 Å². The molecule has 140 valence electrons. The predicted octanol–water partition coefficient (Wildman–Crippen LogP) is 3.00. The molecule has 0 amide bonds. The topological polar surface area (TPSA) is 103 Å². The van der Waals surface area contributed by atoms with Crippen LogP contribution in [0.15, 0.2) is 24.3 Å². The number of nitrogens with one attached hydrogen (secondary N) is 1. The van der Waals surface area contributed by atoms with Crippen LogP contribution in [0.3, 0.4) is 0 Å². The maximum atomic E-state index is 12.7. The fraction of sp³-hybridized carbons (Fsp3) is 0.278. The van der Waals surface area contributed by atoms with E-state index >= 15 is 0 Å². The number of Topliss-reactive ketones (excluding diaryl/α,β-unsaturated/α-hetero) is 1. The zero-order valence-corrected chi connectivity index (χ0v) is 15.9. The zero-order valence-electron chi connectivity index (χ0n) is 15.1. The maximum Gasteiger partial charge on any atom is 0.355 e. The van der Waals surface area contributed by atoms with E-state index in [4.69, 9.17) is 16.3 Å². The molecule has 0 saturated heterocycles. The van der Waals surface area contributed by atoms with Gasteiger partial charge in [0.25, 0.3) is 0 Å². The predicted molar refractivity (Wildman–Crippen MR) is 98.8 cm³/mol. The molecule has 0 spiro atoms. The third-order valence-corrected chi connectivity index (χ3v) is 4.25. The Balaban J connectivity index is 1.81. The second kappa shape index (κ2) is 7.71. The first-order valence-electron chi connectivity index (χ1n) is 8.34. The Hall–Kier alpha value is -3.00. The van der Waals surface area contributed by atoms with Crippen molar-refractivity contribution in [2.24, 2.45) is 0 Å². The van der Waals surface area contributed by atoms with E-state index in [1.807, 2.05) is 0 Å². The highest BCUT2D eigenvalue weighted by Crippen LogP contribution is 2.21. The largest absolute Gasteiger partial charge is 0.461 e. The minimum absolute atomic E-state index is 0.102. The summed E-state index contributed by atoms with van der Waals surface area (Å²) in [6.07, 6.45) is 0. The molecule has 0 atom stereocenters. The molecule has 3 aromatic rings. The minimum Gasteiger partial charge on any atom is -0.461 e. The molecular weight excluding hydrogens is 370 g/mol. The summed E-state index contributed by atoms with van der Waals surface area (Å²) in [7, 11) is 0. The van der Waals surface area contributed by atoms with E-state index in [0.29, 0.717) is 33.2 Å². The van der Waals surface area contributed by atoms with Crippen molar-refractivity contribution in [3.8, 4) is 11.4 Å². The van der Waals surface area contributed by atoms with Gasteiger partial charge in [0, 0.05) is 21.8 Å². The number of carbonyl (C=O) groups is 2. The Morgan fingerprint density at radius 2 is 2.07 bits per heavy atom. The summed E-state index contributed by atoms with van der Waals surface area (Å²) in [6, 6.07) is 7.06. The van der Waals surface area contributed by atoms with Crippen LogP contribution >= 0.6 is 11.6 Å². The molecule has 8 nitrogen and oxygen atoms in total. The molecular formula is C18H18ClN5O3. The third kappa shape index (κ3) is 3.90. The number of ketones is 1. The van der Waals surface area contributed by atoms with E-state index in [2.05, 4.69) is 20.4 Å². The van der Waals surface area contributed by atoms with Gasteiger partial charge in [-0.1, -0.05) is 23.7 Å². The zero-order chi connectivity index (χ0) is 19.6. The van der Waals surface area contributed by atoms with Crippen LogP contribution in [0.5, 0.6) is 0 Å². The Kier molecular flexibility index (Phi) is 5.36. The first-order valence-corrected chi connectivity index (χ1v) is 8.71. The number of benzene rings is 1. The number of nitrogens with zero attached hydrogens (tertiary/aromatic N) is 4. The summed E-state index contributed by atoms with van der Waals surface area (Å²) >= 11 is 5.97. The smallest absolute Gasteiger partial charge is 0.355 e. The molecule has 3 rings (SSSR count). The van der Waals surface area contributed by atoms with Crippen LogP contribution in [-0.2, 0) is 11.3 Å². The molecule has 0 aliphatic heterocycles. The summed E-state index contributed by atoms with van der Waals surface area (Å²) in [5, 5.41) is 12.7. The molecule has 1 aromatic carbocycles. The van der Waals surface area contributed by atoms with Crippen molar-refractivity contribution < 1.29 is 14.3 Å². The first-order chi connectivity index (χ1) is 12.9. The van der Waals surface area contributed by atoms with Gasteiger partial charge in [0.05, 0.1) is 6.61 Å². The molecule has 9 heteroatoms. The van der Waals surface area contributed by atoms with Crippen LogP contribution in [0.4, 0.5) is 0 Å². The first kappa shape index (κ1) is 18.8. The summed E-state index contributed by atoms with van der Waals surface area (Å²) in [5.41, 5.74) is 2.56. The van der Waals surface area contributed by atoms with Crippen LogP contribution in [0.25, 0.3) is 11.4 Å². The van der Waals surface area contributed by atoms with Gasteiger partial charge < -0.3 is 9.72 Å². The van der Waals surface area contributed by atoms with Gasteiger partial charge in [-0.2, -0.15) is 4.80 Å². The summed E-state index contributed by atoms with van der Waals surface area (Å²) < 4.78 is 5.00. The number of aromatic amines is 1. The van der Waals surface area contributed by atoms with Crippen molar-refractivity contribution in [1.82, 2.24) is 25.2 Å². The lowest BCUT2D eigenvalue weighted by Gasteiger charge is -2.02. The summed E-state index contributed by atoms with van der Waals surface area (Å²) in [5.74, 6) is -0.342. The molecule has 1 N–H and O–H groups in total. The van der Waals surface area contributed by atoms with Crippen LogP contribution in [-0.4, -0.2) is 43.6 Å². The summed E-state index contributed by atoms with van der Waals surface area (Å²) in [6.45, 7) is 5.32. The molecule has 27 heavy (non-hydrogen) atoms. The van der Waals surface area contributed by atoms with Crippen molar-refractivity contribution in [1.29, 1.82) is 0 Å². The number of hydrogen-bond acceptors (Lipinski definition) is 6. The standard InChI is InChI=1S/C18H18ClN5O3/c1-4-27-18(26)16-10(2)15(11(3)20-16)14(25)9-24-22-17(21-23-24)12-6-5-7-13(19)8-12/h5-8,20H,4,9H2,1-3H3. The second-order valence-electron chi connectivity index (χ2n) is 5.92. The monoisotopic (exact) mass is 387 g/mol. The number of hydrogen-bond donors (Lipinski definition) is 1. The average Bonchev–Trinajstić information content (AvgIpc) is 3.19. The highest BCUT2D eigenvalue weighted by molar-refractivity contribution is 6.30. The number of esters is 1. The Morgan fingerprint density at radius 1 is 1.30 bits per heavy atom. The highest BCUT2D eigenvalue weighted by Gasteiger charge is 2.23. The van der Waals surface area contributed by atoms with Gasteiger partial charge in [-0.05, 0) is 43.7 Å². The number of rotatable bonds is 6. The molecule has 0 saturated carbocycles. The molecule has 0 aliphatic rings. The van der Waals surface area contributed by atoms with E-state index in [9.17, 15) is 9.59 Å². The van der Waals surface area contributed by atoms with Crippen molar-refractivity contribution in [3.63, 3.8) is 0 Å². The van der Waals surface area contributed by atoms with Crippen LogP contribution in [0.2, 0.25) is 5.02 Å². The fourth-order valence-corrected chi connectivity index (χ4v) is 3.03. The second-order valence-corrected chi connectivity index (χ2v) is 6.36. The van der Waals surface area contributed by atoms with Gasteiger partial charge in [-0.15, -0.1) is 10.2 Å². The normalized spacial score (nSPS) is 10.8. The Bertz CT molecular complexity index is 1010. The number of carbonyl (C=O) groups excluding carboxylic acids is 2. The van der Waals surface area contributed by atoms with E-state index in [1.165, 1.54) is 4.80 Å². The Labute approximate surface area is 160 Å². The number of H-pyrrole nitrogens is 1. The number of aryl methyl sites for hydroxylation is 1. The molecule has 2 heterocycles. The third-order valence-electron chi connectivity index (χ3n) is 4.02. The molecule has 2 aromatic heterocycles. The van der Waals surface area contributed by atoms with Gasteiger partial charge >= 0.3 is 5.97 Å². The number of halogens is 1. The molecule has 0 bridgehead atoms. The number of aromatic nitrogens is 5. The van der Waals surface area contributed by atoms with Gasteiger partial charge in [0.1, 0.15) is 12.2 Å². The quantitative estimate of drug-likeness (QED) is 0.515. The van der Waals surface area contributed by atoms with Crippen LogP contribution < -0.4 is 0 Å². The van der Waals surface area contributed by atoms with Gasteiger partial charge in [-0.25, -0.2) is 4.79 Å². The lowest BCUT2D eigenvalue weighted by atomic mass is 10.1. The maximum absolute atomic E-state index is 12.7. The lowest BCUT2D eigenvalue weighted by Crippen LogP contribution is -2.15. The van der Waals surface area contributed by atoms with Crippen molar-refractivity contribution in [2.45, 2.75) is 27.3 Å². The molecule has 0 aliphatic carbocycles. The Morgan fingerprint density at radius 3 is 2.78 bits per heavy atom. The van der Waals surface area contributed by atoms with E-state index in [-0.39, 0.29) is 24.6 Å².